The molecule has 0 spiro atoms. The van der Waals surface area contributed by atoms with Gasteiger partial charge >= 0.3 is 0 Å². The van der Waals surface area contributed by atoms with Gasteiger partial charge in [-0.25, -0.2) is 8.78 Å². The van der Waals surface area contributed by atoms with E-state index in [2.05, 4.69) is 0 Å². The summed E-state index contributed by atoms with van der Waals surface area (Å²) in [5.41, 5.74) is 0. The maximum Gasteiger partial charge on any atom is 0.252 e. The van der Waals surface area contributed by atoms with E-state index in [1.54, 1.807) is 0 Å². The van der Waals surface area contributed by atoms with Crippen LogP contribution >= 0.6 is 0 Å². The number of rotatable bonds is 0. The highest BCUT2D eigenvalue weighted by atomic mass is 19.3. The summed E-state index contributed by atoms with van der Waals surface area (Å²) in [4.78, 5) is 10.8. The molecule has 2 aliphatic carbocycles. The van der Waals surface area contributed by atoms with E-state index in [1.165, 1.54) is 0 Å². The zero-order chi connectivity index (χ0) is 7.35. The van der Waals surface area contributed by atoms with Gasteiger partial charge in [0.05, 0.1) is 0 Å². The summed E-state index contributed by atoms with van der Waals surface area (Å²) >= 11 is 0. The molecule has 2 bridgehead atoms. The lowest BCUT2D eigenvalue weighted by Crippen LogP contribution is -2.27. The van der Waals surface area contributed by atoms with Crippen LogP contribution in [-0.4, -0.2) is 11.7 Å². The summed E-state index contributed by atoms with van der Waals surface area (Å²) in [6.45, 7) is 0. The van der Waals surface area contributed by atoms with Crippen molar-refractivity contribution in [2.75, 3.05) is 0 Å². The fraction of sp³-hybridized carbons (Fsp3) is 0.857. The van der Waals surface area contributed by atoms with Crippen molar-refractivity contribution in [3.63, 3.8) is 0 Å². The molecule has 0 saturated heterocycles. The van der Waals surface area contributed by atoms with Crippen molar-refractivity contribution >= 4 is 5.78 Å². The van der Waals surface area contributed by atoms with Gasteiger partial charge in [-0.15, -0.1) is 0 Å². The van der Waals surface area contributed by atoms with E-state index in [-0.39, 0.29) is 24.5 Å². The number of Topliss-reactive ketones (excluding diaryl/α,β-unsaturated/α-hetero) is 1. The molecule has 2 atom stereocenters. The molecule has 2 aliphatic rings. The molecule has 0 heterocycles. The number of ketones is 1. The van der Waals surface area contributed by atoms with Crippen LogP contribution in [0, 0.1) is 11.8 Å². The third-order valence-electron chi connectivity index (χ3n) is 2.59. The van der Waals surface area contributed by atoms with Gasteiger partial charge in [-0.05, 0) is 6.42 Å². The molecule has 2 saturated carbocycles. The van der Waals surface area contributed by atoms with Gasteiger partial charge in [0.1, 0.15) is 5.78 Å². The number of alkyl halides is 2. The van der Waals surface area contributed by atoms with Crippen LogP contribution in [0.1, 0.15) is 19.3 Å². The van der Waals surface area contributed by atoms with Gasteiger partial charge in [0.2, 0.25) is 0 Å². The largest absolute Gasteiger partial charge is 0.299 e. The Morgan fingerprint density at radius 3 is 2.50 bits per heavy atom. The first kappa shape index (κ1) is 6.25. The standard InChI is InChI=1S/C7H8F2O/c8-7(9)3-4-1-5(7)2-6(4)10/h4-5H,1-3H2/t4?,5-/m1/s1. The van der Waals surface area contributed by atoms with E-state index in [1.807, 2.05) is 0 Å². The second kappa shape index (κ2) is 1.57. The Kier molecular flexibility index (Phi) is 0.984. The number of carbonyl (C=O) groups excluding carboxylic acids is 1. The summed E-state index contributed by atoms with van der Waals surface area (Å²) < 4.78 is 25.3. The summed E-state index contributed by atoms with van der Waals surface area (Å²) in [5, 5.41) is 0. The van der Waals surface area contributed by atoms with E-state index >= 15 is 0 Å². The van der Waals surface area contributed by atoms with Crippen LogP contribution in [0.4, 0.5) is 8.78 Å². The maximum atomic E-state index is 12.7. The number of hydrogen-bond donors (Lipinski definition) is 0. The fourth-order valence-electron chi connectivity index (χ4n) is 1.98. The Hall–Kier alpha value is -0.470. The van der Waals surface area contributed by atoms with Gasteiger partial charge in [-0.2, -0.15) is 0 Å². The summed E-state index contributed by atoms with van der Waals surface area (Å²) in [7, 11) is 0. The minimum Gasteiger partial charge on any atom is -0.299 e. The van der Waals surface area contributed by atoms with Crippen molar-refractivity contribution in [3.05, 3.63) is 0 Å². The van der Waals surface area contributed by atoms with Crippen LogP contribution < -0.4 is 0 Å². The van der Waals surface area contributed by atoms with E-state index in [0.29, 0.717) is 6.42 Å². The third kappa shape index (κ3) is 0.633. The van der Waals surface area contributed by atoms with Gasteiger partial charge in [-0.1, -0.05) is 0 Å². The second-order valence-corrected chi connectivity index (χ2v) is 3.27. The molecule has 10 heavy (non-hydrogen) atoms. The normalized spacial score (nSPS) is 42.8. The van der Waals surface area contributed by atoms with Crippen LogP contribution in [0.5, 0.6) is 0 Å². The number of carbonyl (C=O) groups is 1. The molecular formula is C7H8F2O. The highest BCUT2D eigenvalue weighted by Gasteiger charge is 2.56. The van der Waals surface area contributed by atoms with E-state index in [4.69, 9.17) is 0 Å². The third-order valence-corrected chi connectivity index (χ3v) is 2.59. The molecular weight excluding hydrogens is 138 g/mol. The lowest BCUT2D eigenvalue weighted by Gasteiger charge is -2.19. The minimum absolute atomic E-state index is 0.0518. The average Bonchev–Trinajstić information content (AvgIpc) is 2.21. The minimum atomic E-state index is -2.53. The Bertz CT molecular complexity index is 188. The van der Waals surface area contributed by atoms with Gasteiger partial charge < -0.3 is 0 Å². The van der Waals surface area contributed by atoms with Crippen molar-refractivity contribution in [3.8, 4) is 0 Å². The Morgan fingerprint density at radius 1 is 1.50 bits per heavy atom. The quantitative estimate of drug-likeness (QED) is 0.507. The molecule has 3 heteroatoms. The van der Waals surface area contributed by atoms with Crippen LogP contribution in [0.15, 0.2) is 0 Å². The van der Waals surface area contributed by atoms with Crippen molar-refractivity contribution < 1.29 is 13.6 Å². The topological polar surface area (TPSA) is 17.1 Å². The first-order valence-corrected chi connectivity index (χ1v) is 3.50. The summed E-state index contributed by atoms with van der Waals surface area (Å²) in [5.74, 6) is -3.40. The van der Waals surface area contributed by atoms with Crippen molar-refractivity contribution in [2.45, 2.75) is 25.2 Å². The SMILES string of the molecule is O=C1C[C@H]2CC1CC2(F)F. The molecule has 2 rings (SSSR count). The zero-order valence-electron chi connectivity index (χ0n) is 5.44. The molecule has 0 aromatic heterocycles. The van der Waals surface area contributed by atoms with E-state index in [9.17, 15) is 13.6 Å². The molecule has 0 N–H and O–H groups in total. The Morgan fingerprint density at radius 2 is 2.20 bits per heavy atom. The number of fused-ring (bicyclic) bond motifs is 2. The van der Waals surface area contributed by atoms with Crippen LogP contribution in [0.25, 0.3) is 0 Å². The molecule has 2 fully saturated rings. The van der Waals surface area contributed by atoms with E-state index < -0.39 is 11.8 Å². The molecule has 56 valence electrons. The van der Waals surface area contributed by atoms with Crippen LogP contribution in [0.2, 0.25) is 0 Å². The predicted octanol–water partition coefficient (Wildman–Crippen LogP) is 1.62. The van der Waals surface area contributed by atoms with Gasteiger partial charge in [0, 0.05) is 24.7 Å². The molecule has 0 amide bonds. The predicted molar refractivity (Wildman–Crippen MR) is 30.8 cm³/mol. The molecule has 1 unspecified atom stereocenters. The van der Waals surface area contributed by atoms with Crippen molar-refractivity contribution in [1.29, 1.82) is 0 Å². The lowest BCUT2D eigenvalue weighted by molar-refractivity contribution is -0.129. The number of halogens is 2. The lowest BCUT2D eigenvalue weighted by atomic mass is 9.96. The fourth-order valence-corrected chi connectivity index (χ4v) is 1.98. The zero-order valence-corrected chi connectivity index (χ0v) is 5.44. The molecule has 0 aliphatic heterocycles. The Balaban J connectivity index is 2.24. The smallest absolute Gasteiger partial charge is 0.252 e. The van der Waals surface area contributed by atoms with Gasteiger partial charge in [-0.3, -0.25) is 4.79 Å². The monoisotopic (exact) mass is 146 g/mol. The molecule has 0 radical (unpaired) electrons. The van der Waals surface area contributed by atoms with Gasteiger partial charge in [0.25, 0.3) is 5.92 Å². The molecule has 0 aromatic carbocycles. The first-order valence-electron chi connectivity index (χ1n) is 3.50. The van der Waals surface area contributed by atoms with E-state index in [0.717, 1.165) is 0 Å². The highest BCUT2D eigenvalue weighted by Crippen LogP contribution is 2.51. The van der Waals surface area contributed by atoms with Crippen LogP contribution in [0.3, 0.4) is 0 Å². The first-order chi connectivity index (χ1) is 4.59. The van der Waals surface area contributed by atoms with Crippen molar-refractivity contribution in [2.24, 2.45) is 11.8 Å². The summed E-state index contributed by atoms with van der Waals surface area (Å²) in [6, 6.07) is 0. The van der Waals surface area contributed by atoms with Gasteiger partial charge in [0.15, 0.2) is 0 Å². The van der Waals surface area contributed by atoms with Crippen LogP contribution in [-0.2, 0) is 4.79 Å². The maximum absolute atomic E-state index is 12.7. The van der Waals surface area contributed by atoms with Crippen molar-refractivity contribution in [1.82, 2.24) is 0 Å². The summed E-state index contributed by atoms with van der Waals surface area (Å²) in [6.07, 6.45) is 0.375. The highest BCUT2D eigenvalue weighted by molar-refractivity contribution is 5.84. The second-order valence-electron chi connectivity index (χ2n) is 3.27. The number of hydrogen-bond acceptors (Lipinski definition) is 1. The molecule has 0 aromatic rings. The Labute approximate surface area is 57.4 Å². The molecule has 1 nitrogen and oxygen atoms in total. The average molecular weight is 146 g/mol.